The van der Waals surface area contributed by atoms with E-state index in [1.165, 1.54) is 4.31 Å². The maximum absolute atomic E-state index is 12.9. The van der Waals surface area contributed by atoms with Crippen LogP contribution in [0.2, 0.25) is 0 Å². The first-order valence-electron chi connectivity index (χ1n) is 8.62. The van der Waals surface area contributed by atoms with Crippen LogP contribution in [0.1, 0.15) is 21.7 Å². The number of benzene rings is 1. The Hall–Kier alpha value is -2.72. The number of amides is 1. The number of aromatic nitrogens is 4. The topological polar surface area (TPSA) is 115 Å². The van der Waals surface area contributed by atoms with Crippen LogP contribution in [0.25, 0.3) is 11.0 Å². The highest BCUT2D eigenvalue weighted by molar-refractivity contribution is 7.89. The Balaban J connectivity index is 1.49. The third kappa shape index (κ3) is 3.00. The molecular formula is C17H20N6O3S. The van der Waals surface area contributed by atoms with E-state index in [4.69, 9.17) is 0 Å². The molecule has 0 radical (unpaired) electrons. The van der Waals surface area contributed by atoms with Crippen molar-refractivity contribution in [2.45, 2.75) is 18.7 Å². The number of aryl methyl sites for hydroxylation is 2. The van der Waals surface area contributed by atoms with Crippen LogP contribution < -0.4 is 0 Å². The molecule has 3 aromatic rings. The molecule has 1 amide bonds. The lowest BCUT2D eigenvalue weighted by Gasteiger charge is -2.34. The number of hydrogen-bond acceptors (Lipinski definition) is 5. The molecule has 0 bridgehead atoms. The van der Waals surface area contributed by atoms with Crippen LogP contribution in [0.5, 0.6) is 0 Å². The first kappa shape index (κ1) is 17.7. The Labute approximate surface area is 156 Å². The molecule has 27 heavy (non-hydrogen) atoms. The van der Waals surface area contributed by atoms with Gasteiger partial charge < -0.3 is 9.88 Å². The largest absolute Gasteiger partial charge is 0.345 e. The zero-order valence-corrected chi connectivity index (χ0v) is 15.9. The number of nitrogens with zero attached hydrogens (tertiary/aromatic N) is 4. The second-order valence-corrected chi connectivity index (χ2v) is 8.47. The van der Waals surface area contributed by atoms with Gasteiger partial charge in [0.25, 0.3) is 5.91 Å². The second-order valence-electron chi connectivity index (χ2n) is 6.59. The van der Waals surface area contributed by atoms with E-state index in [2.05, 4.69) is 20.2 Å². The van der Waals surface area contributed by atoms with Crippen LogP contribution in [0.15, 0.2) is 29.4 Å². The number of aromatic amines is 2. The molecule has 142 valence electrons. The molecule has 0 aliphatic carbocycles. The number of hydrogen-bond donors (Lipinski definition) is 2. The molecular weight excluding hydrogens is 368 g/mol. The average Bonchev–Trinajstić information content (AvgIpc) is 3.26. The summed E-state index contributed by atoms with van der Waals surface area (Å²) in [6.07, 6.45) is 1.59. The van der Waals surface area contributed by atoms with Gasteiger partial charge in [-0.25, -0.2) is 13.4 Å². The van der Waals surface area contributed by atoms with Gasteiger partial charge in [0, 0.05) is 31.7 Å². The van der Waals surface area contributed by atoms with Crippen molar-refractivity contribution in [2.75, 3.05) is 26.2 Å². The molecule has 0 saturated carbocycles. The number of rotatable bonds is 3. The van der Waals surface area contributed by atoms with Gasteiger partial charge in [0.15, 0.2) is 0 Å². The quantitative estimate of drug-likeness (QED) is 0.696. The molecule has 1 aliphatic heterocycles. The van der Waals surface area contributed by atoms with Gasteiger partial charge >= 0.3 is 0 Å². The monoisotopic (exact) mass is 388 g/mol. The molecule has 1 fully saturated rings. The summed E-state index contributed by atoms with van der Waals surface area (Å²) < 4.78 is 27.2. The SMILES string of the molecule is Cc1n[nH]c(C)c1S(=O)(=O)N1CCN(C(=O)c2ccc3nc[nH]c3c2)CC1. The lowest BCUT2D eigenvalue weighted by molar-refractivity contribution is 0.0698. The maximum atomic E-state index is 12.9. The molecule has 1 aromatic carbocycles. The van der Waals surface area contributed by atoms with Gasteiger partial charge in [0.05, 0.1) is 28.7 Å². The normalized spacial score (nSPS) is 16.1. The minimum Gasteiger partial charge on any atom is -0.345 e. The molecule has 0 unspecified atom stereocenters. The van der Waals surface area contributed by atoms with Gasteiger partial charge in [-0.1, -0.05) is 0 Å². The van der Waals surface area contributed by atoms with Gasteiger partial charge in [0.1, 0.15) is 4.90 Å². The fraction of sp³-hybridized carbons (Fsp3) is 0.353. The standard InChI is InChI=1S/C17H20N6O3S/c1-11-16(12(2)21-20-11)27(25,26)23-7-5-22(6-8-23)17(24)13-3-4-14-15(9-13)19-10-18-14/h3-4,9-10H,5-8H2,1-2H3,(H,18,19)(H,20,21). The van der Waals surface area contributed by atoms with Gasteiger partial charge in [-0.3, -0.25) is 9.89 Å². The smallest absolute Gasteiger partial charge is 0.254 e. The zero-order chi connectivity index (χ0) is 19.2. The third-order valence-electron chi connectivity index (χ3n) is 4.85. The maximum Gasteiger partial charge on any atom is 0.254 e. The van der Waals surface area contributed by atoms with E-state index < -0.39 is 10.0 Å². The van der Waals surface area contributed by atoms with Gasteiger partial charge in [-0.2, -0.15) is 9.40 Å². The molecule has 1 saturated heterocycles. The molecule has 1 aliphatic rings. The Morgan fingerprint density at radius 1 is 1.15 bits per heavy atom. The van der Waals surface area contributed by atoms with Gasteiger partial charge in [0.2, 0.25) is 10.0 Å². The van der Waals surface area contributed by atoms with Crippen molar-refractivity contribution in [3.63, 3.8) is 0 Å². The molecule has 2 aromatic heterocycles. The number of piperazine rings is 1. The van der Waals surface area contributed by atoms with Crippen LogP contribution >= 0.6 is 0 Å². The minimum atomic E-state index is -3.63. The van der Waals surface area contributed by atoms with Gasteiger partial charge in [-0.05, 0) is 32.0 Å². The summed E-state index contributed by atoms with van der Waals surface area (Å²) in [7, 11) is -3.63. The number of H-pyrrole nitrogens is 2. The predicted molar refractivity (Wildman–Crippen MR) is 98.8 cm³/mol. The van der Waals surface area contributed by atoms with Crippen molar-refractivity contribution in [1.82, 2.24) is 29.4 Å². The van der Waals surface area contributed by atoms with E-state index in [1.54, 1.807) is 43.3 Å². The van der Waals surface area contributed by atoms with E-state index in [0.717, 1.165) is 11.0 Å². The lowest BCUT2D eigenvalue weighted by atomic mass is 10.1. The average molecular weight is 388 g/mol. The first-order chi connectivity index (χ1) is 12.9. The Kier molecular flexibility index (Phi) is 4.23. The van der Waals surface area contributed by atoms with Crippen LogP contribution in [-0.2, 0) is 10.0 Å². The summed E-state index contributed by atoms with van der Waals surface area (Å²) in [4.78, 5) is 21.8. The summed E-state index contributed by atoms with van der Waals surface area (Å²) in [5.41, 5.74) is 3.14. The van der Waals surface area contributed by atoms with E-state index >= 15 is 0 Å². The molecule has 4 rings (SSSR count). The summed E-state index contributed by atoms with van der Waals surface area (Å²) in [5, 5.41) is 6.69. The third-order valence-corrected chi connectivity index (χ3v) is 7.01. The van der Waals surface area contributed by atoms with E-state index in [0.29, 0.717) is 30.0 Å². The number of nitrogens with one attached hydrogen (secondary N) is 2. The van der Waals surface area contributed by atoms with Crippen molar-refractivity contribution in [1.29, 1.82) is 0 Å². The van der Waals surface area contributed by atoms with Crippen molar-refractivity contribution in [3.05, 3.63) is 41.5 Å². The summed E-state index contributed by atoms with van der Waals surface area (Å²) >= 11 is 0. The van der Waals surface area contributed by atoms with E-state index in [-0.39, 0.29) is 23.9 Å². The fourth-order valence-electron chi connectivity index (χ4n) is 3.43. The molecule has 9 nitrogen and oxygen atoms in total. The predicted octanol–water partition coefficient (Wildman–Crippen LogP) is 1.05. The minimum absolute atomic E-state index is 0.112. The van der Waals surface area contributed by atoms with Crippen molar-refractivity contribution >= 4 is 27.0 Å². The van der Waals surface area contributed by atoms with Crippen molar-refractivity contribution < 1.29 is 13.2 Å². The van der Waals surface area contributed by atoms with Crippen molar-refractivity contribution in [2.24, 2.45) is 0 Å². The highest BCUT2D eigenvalue weighted by Crippen LogP contribution is 2.23. The molecule has 3 heterocycles. The number of imidazole rings is 1. The summed E-state index contributed by atoms with van der Waals surface area (Å²) in [6.45, 7) is 4.55. The summed E-state index contributed by atoms with van der Waals surface area (Å²) in [6, 6.07) is 5.31. The number of carbonyl (C=O) groups is 1. The summed E-state index contributed by atoms with van der Waals surface area (Å²) in [5.74, 6) is -0.112. The van der Waals surface area contributed by atoms with Crippen LogP contribution in [0, 0.1) is 13.8 Å². The second kappa shape index (κ2) is 6.46. The Morgan fingerprint density at radius 3 is 2.56 bits per heavy atom. The highest BCUT2D eigenvalue weighted by Gasteiger charge is 2.33. The molecule has 2 N–H and O–H groups in total. The molecule has 10 heteroatoms. The Morgan fingerprint density at radius 2 is 1.89 bits per heavy atom. The number of sulfonamides is 1. The fourth-order valence-corrected chi connectivity index (χ4v) is 5.19. The van der Waals surface area contributed by atoms with Crippen molar-refractivity contribution in [3.8, 4) is 0 Å². The number of carbonyl (C=O) groups excluding carboxylic acids is 1. The highest BCUT2D eigenvalue weighted by atomic mass is 32.2. The van der Waals surface area contributed by atoms with E-state index in [9.17, 15) is 13.2 Å². The molecule has 0 atom stereocenters. The molecule has 0 spiro atoms. The van der Waals surface area contributed by atoms with Crippen LogP contribution in [0.3, 0.4) is 0 Å². The number of fused-ring (bicyclic) bond motifs is 1. The van der Waals surface area contributed by atoms with Gasteiger partial charge in [-0.15, -0.1) is 0 Å². The van der Waals surface area contributed by atoms with Crippen LogP contribution in [-0.4, -0.2) is 69.9 Å². The van der Waals surface area contributed by atoms with Crippen LogP contribution in [0.4, 0.5) is 0 Å². The zero-order valence-electron chi connectivity index (χ0n) is 15.1. The Bertz CT molecular complexity index is 1090. The van der Waals surface area contributed by atoms with E-state index in [1.807, 2.05) is 0 Å². The first-order valence-corrected chi connectivity index (χ1v) is 10.1. The lowest BCUT2D eigenvalue weighted by Crippen LogP contribution is -2.50.